The fourth-order valence-electron chi connectivity index (χ4n) is 2.20. The summed E-state index contributed by atoms with van der Waals surface area (Å²) in [6.45, 7) is 1.57. The molecular weight excluding hydrogens is 312 g/mol. The fraction of sp³-hybridized carbons (Fsp3) is 0.235. The van der Waals surface area contributed by atoms with Crippen LogP contribution in [0.4, 0.5) is 0 Å². The maximum absolute atomic E-state index is 12.1. The Kier molecular flexibility index (Phi) is 5.36. The van der Waals surface area contributed by atoms with Gasteiger partial charge in [-0.1, -0.05) is 12.1 Å². The number of benzene rings is 1. The number of hydrogen-bond acceptors (Lipinski definition) is 4. The Morgan fingerprint density at radius 3 is 2.46 bits per heavy atom. The van der Waals surface area contributed by atoms with Crippen LogP contribution in [0.25, 0.3) is 0 Å². The lowest BCUT2D eigenvalue weighted by molar-refractivity contribution is -0.122. The average molecular weight is 330 g/mol. The van der Waals surface area contributed by atoms with Crippen molar-refractivity contribution in [3.05, 3.63) is 64.1 Å². The van der Waals surface area contributed by atoms with Gasteiger partial charge in [-0.25, -0.2) is 4.79 Å². The highest BCUT2D eigenvalue weighted by atomic mass is 16.5. The van der Waals surface area contributed by atoms with Crippen LogP contribution in [0.1, 0.15) is 28.9 Å². The van der Waals surface area contributed by atoms with E-state index < -0.39 is 11.5 Å². The van der Waals surface area contributed by atoms with E-state index in [2.05, 4.69) is 5.32 Å². The highest BCUT2D eigenvalue weighted by molar-refractivity contribution is 5.87. The van der Waals surface area contributed by atoms with Crippen LogP contribution in [0.2, 0.25) is 0 Å². The minimum atomic E-state index is -1.16. The molecule has 7 heteroatoms. The molecule has 1 unspecified atom stereocenters. The molecule has 0 radical (unpaired) electrons. The van der Waals surface area contributed by atoms with Crippen LogP contribution in [0.5, 0.6) is 5.75 Å². The molecule has 0 bridgehead atoms. The molecule has 1 aromatic heterocycles. The van der Waals surface area contributed by atoms with Crippen molar-refractivity contribution in [1.29, 1.82) is 0 Å². The van der Waals surface area contributed by atoms with E-state index >= 15 is 0 Å². The van der Waals surface area contributed by atoms with Gasteiger partial charge in [0.05, 0.1) is 18.7 Å². The summed E-state index contributed by atoms with van der Waals surface area (Å²) in [5, 5.41) is 11.7. The van der Waals surface area contributed by atoms with Crippen molar-refractivity contribution in [2.75, 3.05) is 7.11 Å². The molecule has 2 N–H and O–H groups in total. The maximum Gasteiger partial charge on any atom is 0.337 e. The van der Waals surface area contributed by atoms with Crippen molar-refractivity contribution in [2.24, 2.45) is 0 Å². The fourth-order valence-corrected chi connectivity index (χ4v) is 2.20. The molecule has 0 aliphatic heterocycles. The number of nitrogens with zero attached hydrogens (tertiary/aromatic N) is 1. The van der Waals surface area contributed by atoms with E-state index in [0.29, 0.717) is 5.75 Å². The molecule has 1 atom stereocenters. The number of ether oxygens (including phenoxy) is 1. The summed E-state index contributed by atoms with van der Waals surface area (Å²) in [6.07, 6.45) is 1.16. The van der Waals surface area contributed by atoms with Gasteiger partial charge in [0, 0.05) is 12.3 Å². The van der Waals surface area contributed by atoms with Gasteiger partial charge in [-0.3, -0.25) is 9.59 Å². The Balaban J connectivity index is 2.06. The molecule has 1 heterocycles. The predicted molar refractivity (Wildman–Crippen MR) is 87.2 cm³/mol. The zero-order valence-corrected chi connectivity index (χ0v) is 13.4. The summed E-state index contributed by atoms with van der Waals surface area (Å²) in [5.74, 6) is -0.826. The van der Waals surface area contributed by atoms with Crippen LogP contribution in [-0.4, -0.2) is 28.7 Å². The highest BCUT2D eigenvalue weighted by Crippen LogP contribution is 2.17. The van der Waals surface area contributed by atoms with Crippen LogP contribution in [0.3, 0.4) is 0 Å². The van der Waals surface area contributed by atoms with E-state index in [9.17, 15) is 14.4 Å². The molecule has 126 valence electrons. The van der Waals surface area contributed by atoms with Crippen LogP contribution in [0.15, 0.2) is 47.4 Å². The van der Waals surface area contributed by atoms with Gasteiger partial charge in [0.15, 0.2) is 0 Å². The lowest BCUT2D eigenvalue weighted by Crippen LogP contribution is -2.33. The normalized spacial score (nSPS) is 11.6. The Morgan fingerprint density at radius 1 is 1.21 bits per heavy atom. The minimum absolute atomic E-state index is 0.0504. The molecule has 2 aromatic rings. The molecular formula is C17H18N2O5. The number of amides is 1. The maximum atomic E-state index is 12.1. The number of methoxy groups -OCH3 is 1. The molecule has 0 aliphatic carbocycles. The van der Waals surface area contributed by atoms with Crippen molar-refractivity contribution < 1.29 is 19.4 Å². The molecule has 1 amide bonds. The number of aromatic nitrogens is 1. The SMILES string of the molecule is COc1ccc(C(C)NC(=O)Cn2cc(C(=O)O)ccc2=O)cc1. The third kappa shape index (κ3) is 4.22. The Labute approximate surface area is 138 Å². The van der Waals surface area contributed by atoms with E-state index in [1.54, 1.807) is 19.2 Å². The largest absolute Gasteiger partial charge is 0.497 e. The number of carboxylic acids is 1. The monoisotopic (exact) mass is 330 g/mol. The third-order valence-electron chi connectivity index (χ3n) is 3.54. The van der Waals surface area contributed by atoms with Crippen molar-refractivity contribution in [3.8, 4) is 5.75 Å². The van der Waals surface area contributed by atoms with E-state index in [0.717, 1.165) is 22.4 Å². The zero-order valence-electron chi connectivity index (χ0n) is 13.4. The minimum Gasteiger partial charge on any atom is -0.497 e. The number of nitrogens with one attached hydrogen (secondary N) is 1. The Bertz CT molecular complexity index is 795. The number of carboxylic acid groups (broad SMARTS) is 1. The topological polar surface area (TPSA) is 97.6 Å². The molecule has 7 nitrogen and oxygen atoms in total. The average Bonchev–Trinajstić information content (AvgIpc) is 2.56. The molecule has 0 aliphatic rings. The van der Waals surface area contributed by atoms with Gasteiger partial charge in [0.1, 0.15) is 12.3 Å². The number of hydrogen-bond donors (Lipinski definition) is 2. The van der Waals surface area contributed by atoms with Crippen LogP contribution in [-0.2, 0) is 11.3 Å². The van der Waals surface area contributed by atoms with Gasteiger partial charge in [-0.2, -0.15) is 0 Å². The second-order valence-electron chi connectivity index (χ2n) is 5.25. The van der Waals surface area contributed by atoms with Crippen molar-refractivity contribution >= 4 is 11.9 Å². The first-order valence-electron chi connectivity index (χ1n) is 7.28. The molecule has 0 spiro atoms. The van der Waals surface area contributed by atoms with E-state index in [1.807, 2.05) is 19.1 Å². The summed E-state index contributed by atoms with van der Waals surface area (Å²) in [4.78, 5) is 34.8. The van der Waals surface area contributed by atoms with E-state index in [4.69, 9.17) is 9.84 Å². The van der Waals surface area contributed by atoms with E-state index in [-0.39, 0.29) is 24.1 Å². The van der Waals surface area contributed by atoms with Gasteiger partial charge in [0.2, 0.25) is 5.91 Å². The van der Waals surface area contributed by atoms with Crippen LogP contribution < -0.4 is 15.6 Å². The standard InChI is InChI=1S/C17H18N2O5/c1-11(12-3-6-14(24-2)7-4-12)18-15(20)10-19-9-13(17(22)23)5-8-16(19)21/h3-9,11H,10H2,1-2H3,(H,18,20)(H,22,23). The first-order valence-corrected chi connectivity index (χ1v) is 7.28. The summed E-state index contributed by atoms with van der Waals surface area (Å²) in [5.41, 5.74) is 0.397. The number of rotatable bonds is 6. The second kappa shape index (κ2) is 7.45. The van der Waals surface area contributed by atoms with Crippen LogP contribution >= 0.6 is 0 Å². The summed E-state index contributed by atoms with van der Waals surface area (Å²) >= 11 is 0. The predicted octanol–water partition coefficient (Wildman–Crippen LogP) is 1.43. The molecule has 0 saturated carbocycles. The number of aromatic carboxylic acids is 1. The summed E-state index contributed by atoms with van der Waals surface area (Å²) < 4.78 is 6.15. The van der Waals surface area contributed by atoms with Gasteiger partial charge < -0.3 is 19.7 Å². The highest BCUT2D eigenvalue weighted by Gasteiger charge is 2.12. The van der Waals surface area contributed by atoms with Gasteiger partial charge in [0.25, 0.3) is 5.56 Å². The summed E-state index contributed by atoms with van der Waals surface area (Å²) in [6, 6.07) is 9.32. The molecule has 2 rings (SSSR count). The Hall–Kier alpha value is -3.09. The quantitative estimate of drug-likeness (QED) is 0.835. The molecule has 24 heavy (non-hydrogen) atoms. The smallest absolute Gasteiger partial charge is 0.337 e. The Morgan fingerprint density at radius 2 is 1.88 bits per heavy atom. The second-order valence-corrected chi connectivity index (χ2v) is 5.25. The zero-order chi connectivity index (χ0) is 17.7. The van der Waals surface area contributed by atoms with Crippen molar-refractivity contribution in [3.63, 3.8) is 0 Å². The van der Waals surface area contributed by atoms with Crippen molar-refractivity contribution in [1.82, 2.24) is 9.88 Å². The van der Waals surface area contributed by atoms with E-state index in [1.165, 1.54) is 6.07 Å². The van der Waals surface area contributed by atoms with Crippen LogP contribution in [0, 0.1) is 0 Å². The molecule has 0 saturated heterocycles. The molecule has 1 aromatic carbocycles. The van der Waals surface area contributed by atoms with Gasteiger partial charge in [-0.05, 0) is 30.7 Å². The first-order chi connectivity index (χ1) is 11.4. The third-order valence-corrected chi connectivity index (χ3v) is 3.54. The van der Waals surface area contributed by atoms with Gasteiger partial charge >= 0.3 is 5.97 Å². The van der Waals surface area contributed by atoms with Crippen molar-refractivity contribution in [2.45, 2.75) is 19.5 Å². The number of carbonyl (C=O) groups is 2. The lowest BCUT2D eigenvalue weighted by atomic mass is 10.1. The van der Waals surface area contributed by atoms with Gasteiger partial charge in [-0.15, -0.1) is 0 Å². The summed E-state index contributed by atoms with van der Waals surface area (Å²) in [7, 11) is 1.57. The first kappa shape index (κ1) is 17.3. The molecule has 0 fully saturated rings. The number of carbonyl (C=O) groups excluding carboxylic acids is 1. The number of pyridine rings is 1. The lowest BCUT2D eigenvalue weighted by Gasteiger charge is -2.15.